The first-order valence-electron chi connectivity index (χ1n) is 7.26. The number of furan rings is 1. The molecular formula is C17H21NO3S. The maximum absolute atomic E-state index is 12.0. The van der Waals surface area contributed by atoms with Gasteiger partial charge in [-0.15, -0.1) is 0 Å². The monoisotopic (exact) mass is 319 g/mol. The Hall–Kier alpha value is -1.88. The van der Waals surface area contributed by atoms with Crippen molar-refractivity contribution >= 4 is 17.7 Å². The van der Waals surface area contributed by atoms with Crippen molar-refractivity contribution in [3.8, 4) is 5.75 Å². The van der Waals surface area contributed by atoms with Gasteiger partial charge in [0.15, 0.2) is 6.10 Å². The molecule has 118 valence electrons. The van der Waals surface area contributed by atoms with Crippen molar-refractivity contribution in [3.05, 3.63) is 54.0 Å². The van der Waals surface area contributed by atoms with E-state index in [4.69, 9.17) is 9.15 Å². The zero-order valence-electron chi connectivity index (χ0n) is 12.9. The number of ether oxygens (including phenoxy) is 1. The van der Waals surface area contributed by atoms with Crippen LogP contribution in [-0.2, 0) is 10.5 Å². The molecule has 1 aromatic carbocycles. The Morgan fingerprint density at radius 3 is 2.95 bits per heavy atom. The van der Waals surface area contributed by atoms with Crippen LogP contribution in [0, 0.1) is 6.92 Å². The second kappa shape index (κ2) is 8.54. The molecule has 0 saturated carbocycles. The molecule has 4 nitrogen and oxygen atoms in total. The minimum Gasteiger partial charge on any atom is -0.481 e. The minimum absolute atomic E-state index is 0.0971. The average Bonchev–Trinajstić information content (AvgIpc) is 3.00. The van der Waals surface area contributed by atoms with Crippen molar-refractivity contribution < 1.29 is 13.9 Å². The minimum atomic E-state index is -0.503. The van der Waals surface area contributed by atoms with Crippen LogP contribution < -0.4 is 10.1 Å². The van der Waals surface area contributed by atoms with Gasteiger partial charge in [0.2, 0.25) is 0 Å². The van der Waals surface area contributed by atoms with Gasteiger partial charge in [-0.05, 0) is 43.7 Å². The van der Waals surface area contributed by atoms with Gasteiger partial charge in [0.1, 0.15) is 11.5 Å². The lowest BCUT2D eigenvalue weighted by molar-refractivity contribution is -0.127. The maximum Gasteiger partial charge on any atom is 0.260 e. The third-order valence-corrected chi connectivity index (χ3v) is 4.02. The number of aryl methyl sites for hydroxylation is 1. The molecule has 0 spiro atoms. The number of amides is 1. The van der Waals surface area contributed by atoms with E-state index in [-0.39, 0.29) is 5.91 Å². The molecule has 2 aromatic rings. The fourth-order valence-electron chi connectivity index (χ4n) is 1.90. The zero-order chi connectivity index (χ0) is 15.8. The molecule has 1 N–H and O–H groups in total. The van der Waals surface area contributed by atoms with Crippen molar-refractivity contribution in [3.63, 3.8) is 0 Å². The van der Waals surface area contributed by atoms with Gasteiger partial charge in [-0.3, -0.25) is 4.79 Å². The van der Waals surface area contributed by atoms with E-state index >= 15 is 0 Å². The van der Waals surface area contributed by atoms with Crippen LogP contribution in [-0.4, -0.2) is 24.3 Å². The first-order valence-corrected chi connectivity index (χ1v) is 8.42. The van der Waals surface area contributed by atoms with Gasteiger partial charge in [-0.2, -0.15) is 11.8 Å². The van der Waals surface area contributed by atoms with E-state index in [1.54, 1.807) is 24.9 Å². The summed E-state index contributed by atoms with van der Waals surface area (Å²) in [6.07, 6.45) is 1.17. The van der Waals surface area contributed by atoms with Gasteiger partial charge in [-0.1, -0.05) is 12.1 Å². The van der Waals surface area contributed by atoms with Crippen molar-refractivity contribution in [2.45, 2.75) is 25.7 Å². The largest absolute Gasteiger partial charge is 0.481 e. The lowest BCUT2D eigenvalue weighted by Crippen LogP contribution is -2.37. The van der Waals surface area contributed by atoms with Crippen molar-refractivity contribution in [1.82, 2.24) is 5.32 Å². The second-order valence-corrected chi connectivity index (χ2v) is 6.10. The van der Waals surface area contributed by atoms with Crippen LogP contribution in [0.4, 0.5) is 0 Å². The van der Waals surface area contributed by atoms with E-state index in [1.807, 2.05) is 43.3 Å². The van der Waals surface area contributed by atoms with Gasteiger partial charge < -0.3 is 14.5 Å². The Labute approximate surface area is 135 Å². The summed E-state index contributed by atoms with van der Waals surface area (Å²) < 4.78 is 10.9. The second-order valence-electron chi connectivity index (χ2n) is 5.00. The van der Waals surface area contributed by atoms with Crippen molar-refractivity contribution in [2.24, 2.45) is 0 Å². The topological polar surface area (TPSA) is 51.5 Å². The van der Waals surface area contributed by atoms with Gasteiger partial charge in [0.05, 0.1) is 12.0 Å². The van der Waals surface area contributed by atoms with Crippen LogP contribution in [0.5, 0.6) is 5.75 Å². The van der Waals surface area contributed by atoms with Crippen LogP contribution >= 0.6 is 11.8 Å². The average molecular weight is 319 g/mol. The molecule has 0 radical (unpaired) electrons. The summed E-state index contributed by atoms with van der Waals surface area (Å²) in [5.41, 5.74) is 1.11. The van der Waals surface area contributed by atoms with Gasteiger partial charge in [0.25, 0.3) is 5.91 Å². The molecule has 1 atom stereocenters. The quantitative estimate of drug-likeness (QED) is 0.758. The number of nitrogens with one attached hydrogen (secondary N) is 1. The molecule has 0 aliphatic rings. The Kier molecular flexibility index (Phi) is 6.40. The molecule has 1 amide bonds. The molecule has 22 heavy (non-hydrogen) atoms. The number of carbonyl (C=O) groups is 1. The van der Waals surface area contributed by atoms with E-state index in [9.17, 15) is 4.79 Å². The molecule has 0 fully saturated rings. The van der Waals surface area contributed by atoms with Crippen LogP contribution in [0.1, 0.15) is 18.2 Å². The summed E-state index contributed by atoms with van der Waals surface area (Å²) in [7, 11) is 0. The Bertz CT molecular complexity index is 583. The summed E-state index contributed by atoms with van der Waals surface area (Å²) in [6, 6.07) is 11.5. The number of hydrogen-bond donors (Lipinski definition) is 1. The van der Waals surface area contributed by atoms with Crippen LogP contribution in [0.15, 0.2) is 47.1 Å². The number of thioether (sulfide) groups is 1. The predicted octanol–water partition coefficient (Wildman–Crippen LogP) is 3.40. The molecule has 1 heterocycles. The number of benzene rings is 1. The molecule has 2 rings (SSSR count). The summed E-state index contributed by atoms with van der Waals surface area (Å²) in [5.74, 6) is 3.23. The summed E-state index contributed by atoms with van der Waals surface area (Å²) in [5, 5.41) is 2.88. The molecule has 1 aromatic heterocycles. The Morgan fingerprint density at radius 2 is 2.23 bits per heavy atom. The van der Waals surface area contributed by atoms with E-state index in [0.29, 0.717) is 6.54 Å². The van der Waals surface area contributed by atoms with Crippen molar-refractivity contribution in [1.29, 1.82) is 0 Å². The summed E-state index contributed by atoms with van der Waals surface area (Å²) in [4.78, 5) is 12.0. The van der Waals surface area contributed by atoms with Crippen LogP contribution in [0.2, 0.25) is 0 Å². The fraction of sp³-hybridized carbons (Fsp3) is 0.353. The number of hydrogen-bond acceptors (Lipinski definition) is 4. The number of rotatable bonds is 8. The molecule has 0 saturated heterocycles. The number of carbonyl (C=O) groups excluding carboxylic acids is 1. The third kappa shape index (κ3) is 5.48. The van der Waals surface area contributed by atoms with E-state index in [0.717, 1.165) is 28.6 Å². The molecule has 0 bridgehead atoms. The highest BCUT2D eigenvalue weighted by Crippen LogP contribution is 2.14. The van der Waals surface area contributed by atoms with Gasteiger partial charge in [-0.25, -0.2) is 0 Å². The summed E-state index contributed by atoms with van der Waals surface area (Å²) in [6.45, 7) is 4.37. The summed E-state index contributed by atoms with van der Waals surface area (Å²) >= 11 is 1.72. The normalized spacial score (nSPS) is 11.9. The highest BCUT2D eigenvalue weighted by Gasteiger charge is 2.13. The third-order valence-electron chi connectivity index (χ3n) is 3.04. The Morgan fingerprint density at radius 1 is 1.36 bits per heavy atom. The fourth-order valence-corrected chi connectivity index (χ4v) is 2.66. The highest BCUT2D eigenvalue weighted by atomic mass is 32.2. The van der Waals surface area contributed by atoms with E-state index in [1.165, 1.54) is 0 Å². The van der Waals surface area contributed by atoms with Gasteiger partial charge in [0, 0.05) is 12.3 Å². The SMILES string of the molecule is Cc1cccc(O[C@H](C)C(=O)NCCSCc2ccco2)c1. The van der Waals surface area contributed by atoms with Gasteiger partial charge >= 0.3 is 0 Å². The smallest absolute Gasteiger partial charge is 0.260 e. The first-order chi connectivity index (χ1) is 10.6. The predicted molar refractivity (Wildman–Crippen MR) is 89.1 cm³/mol. The van der Waals surface area contributed by atoms with E-state index < -0.39 is 6.10 Å². The standard InChI is InChI=1S/C17H21NO3S/c1-13-5-3-6-15(11-13)21-14(2)17(19)18-8-10-22-12-16-7-4-9-20-16/h3-7,9,11,14H,8,10,12H2,1-2H3,(H,18,19)/t14-/m1/s1. The molecule has 0 unspecified atom stereocenters. The molecule has 0 aliphatic heterocycles. The molecule has 0 aliphatic carbocycles. The lowest BCUT2D eigenvalue weighted by Gasteiger charge is -2.15. The maximum atomic E-state index is 12.0. The van der Waals surface area contributed by atoms with E-state index in [2.05, 4.69) is 5.32 Å². The molecular weight excluding hydrogens is 298 g/mol. The highest BCUT2D eigenvalue weighted by molar-refractivity contribution is 7.98. The lowest BCUT2D eigenvalue weighted by atomic mass is 10.2. The van der Waals surface area contributed by atoms with Crippen LogP contribution in [0.3, 0.4) is 0 Å². The zero-order valence-corrected chi connectivity index (χ0v) is 13.7. The first kappa shape index (κ1) is 16.5. The Balaban J connectivity index is 1.64. The van der Waals surface area contributed by atoms with Crippen LogP contribution in [0.25, 0.3) is 0 Å². The van der Waals surface area contributed by atoms with Crippen molar-refractivity contribution in [2.75, 3.05) is 12.3 Å². The molecule has 5 heteroatoms.